The number of anilines is 1. The number of benzene rings is 1. The van der Waals surface area contributed by atoms with Gasteiger partial charge >= 0.3 is 0 Å². The van der Waals surface area contributed by atoms with Gasteiger partial charge in [-0.15, -0.1) is 11.6 Å². The molecule has 0 fully saturated rings. The Morgan fingerprint density at radius 3 is 3.00 bits per heavy atom. The summed E-state index contributed by atoms with van der Waals surface area (Å²) in [4.78, 5) is 2.42. The molecule has 0 radical (unpaired) electrons. The SMILES string of the molecule is CC1Cc2ccccc2N1CCOCCCl. The Morgan fingerprint density at radius 1 is 1.38 bits per heavy atom. The lowest BCUT2D eigenvalue weighted by Gasteiger charge is -2.24. The quantitative estimate of drug-likeness (QED) is 0.579. The molecule has 1 aliphatic rings. The summed E-state index contributed by atoms with van der Waals surface area (Å²) in [6.45, 7) is 4.62. The van der Waals surface area contributed by atoms with Gasteiger partial charge in [0.1, 0.15) is 0 Å². The topological polar surface area (TPSA) is 12.5 Å². The Bertz CT molecular complexity index is 342. The number of nitrogens with zero attached hydrogens (tertiary/aromatic N) is 1. The van der Waals surface area contributed by atoms with Gasteiger partial charge in [-0.2, -0.15) is 0 Å². The predicted molar refractivity (Wildman–Crippen MR) is 68.5 cm³/mol. The average molecular weight is 240 g/mol. The maximum Gasteiger partial charge on any atom is 0.0642 e. The van der Waals surface area contributed by atoms with E-state index in [0.717, 1.165) is 19.6 Å². The second-order valence-corrected chi connectivity index (χ2v) is 4.55. The first-order valence-electron chi connectivity index (χ1n) is 5.81. The number of ether oxygens (including phenoxy) is 1. The molecule has 88 valence electrons. The summed E-state index contributed by atoms with van der Waals surface area (Å²) in [5, 5.41) is 0. The first-order chi connectivity index (χ1) is 7.83. The zero-order chi connectivity index (χ0) is 11.4. The van der Waals surface area contributed by atoms with E-state index < -0.39 is 0 Å². The van der Waals surface area contributed by atoms with Crippen LogP contribution in [-0.4, -0.2) is 31.7 Å². The van der Waals surface area contributed by atoms with Crippen molar-refractivity contribution >= 4 is 17.3 Å². The molecule has 2 rings (SSSR count). The molecule has 0 saturated heterocycles. The number of hydrogen-bond donors (Lipinski definition) is 0. The molecule has 2 nitrogen and oxygen atoms in total. The van der Waals surface area contributed by atoms with Crippen molar-refractivity contribution in [3.05, 3.63) is 29.8 Å². The molecule has 1 aromatic rings. The van der Waals surface area contributed by atoms with Crippen LogP contribution in [-0.2, 0) is 11.2 Å². The maximum atomic E-state index is 5.57. The average Bonchev–Trinajstić information content (AvgIpc) is 2.61. The smallest absolute Gasteiger partial charge is 0.0642 e. The molecule has 1 aliphatic heterocycles. The van der Waals surface area contributed by atoms with Crippen molar-refractivity contribution in [2.75, 3.05) is 30.5 Å². The van der Waals surface area contributed by atoms with Gasteiger partial charge in [-0.05, 0) is 25.0 Å². The van der Waals surface area contributed by atoms with Gasteiger partial charge in [0.2, 0.25) is 0 Å². The largest absolute Gasteiger partial charge is 0.378 e. The Labute approximate surface area is 102 Å². The lowest BCUT2D eigenvalue weighted by Crippen LogP contribution is -2.32. The number of rotatable bonds is 5. The molecule has 0 saturated carbocycles. The van der Waals surface area contributed by atoms with Gasteiger partial charge < -0.3 is 9.64 Å². The van der Waals surface area contributed by atoms with Crippen LogP contribution in [0.2, 0.25) is 0 Å². The molecule has 0 bridgehead atoms. The molecule has 16 heavy (non-hydrogen) atoms. The third-order valence-electron chi connectivity index (χ3n) is 3.05. The number of hydrogen-bond acceptors (Lipinski definition) is 2. The third kappa shape index (κ3) is 2.50. The van der Waals surface area contributed by atoms with Gasteiger partial charge in [0.25, 0.3) is 0 Å². The summed E-state index contributed by atoms with van der Waals surface area (Å²) in [5.41, 5.74) is 2.82. The summed E-state index contributed by atoms with van der Waals surface area (Å²) >= 11 is 5.57. The van der Waals surface area contributed by atoms with Crippen LogP contribution in [0.3, 0.4) is 0 Å². The first-order valence-corrected chi connectivity index (χ1v) is 6.34. The van der Waals surface area contributed by atoms with Crippen LogP contribution in [0.4, 0.5) is 5.69 Å². The fourth-order valence-corrected chi connectivity index (χ4v) is 2.40. The number of fused-ring (bicyclic) bond motifs is 1. The Hall–Kier alpha value is -0.730. The molecule has 1 aromatic carbocycles. The van der Waals surface area contributed by atoms with Gasteiger partial charge in [0.05, 0.1) is 13.2 Å². The van der Waals surface area contributed by atoms with Crippen LogP contribution in [0.15, 0.2) is 24.3 Å². The molecule has 1 heterocycles. The van der Waals surface area contributed by atoms with Gasteiger partial charge in [0, 0.05) is 24.2 Å². The molecule has 1 atom stereocenters. The molecule has 1 unspecified atom stereocenters. The van der Waals surface area contributed by atoms with Gasteiger partial charge in [-0.1, -0.05) is 18.2 Å². The first kappa shape index (κ1) is 11.7. The van der Waals surface area contributed by atoms with E-state index in [-0.39, 0.29) is 0 Å². The molecule has 0 amide bonds. The summed E-state index contributed by atoms with van der Waals surface area (Å²) < 4.78 is 5.43. The fourth-order valence-electron chi connectivity index (χ4n) is 2.29. The van der Waals surface area contributed by atoms with E-state index in [9.17, 15) is 0 Å². The standard InChI is InChI=1S/C13H18ClNO/c1-11-10-12-4-2-3-5-13(12)15(11)7-9-16-8-6-14/h2-5,11H,6-10H2,1H3. The zero-order valence-electron chi connectivity index (χ0n) is 9.66. The second-order valence-electron chi connectivity index (χ2n) is 4.18. The van der Waals surface area contributed by atoms with E-state index >= 15 is 0 Å². The lowest BCUT2D eigenvalue weighted by atomic mass is 10.1. The number of para-hydroxylation sites is 1. The van der Waals surface area contributed by atoms with Crippen molar-refractivity contribution in [3.63, 3.8) is 0 Å². The minimum Gasteiger partial charge on any atom is -0.378 e. The van der Waals surface area contributed by atoms with Crippen LogP contribution >= 0.6 is 11.6 Å². The van der Waals surface area contributed by atoms with E-state index in [0.29, 0.717) is 18.5 Å². The fraction of sp³-hybridized carbons (Fsp3) is 0.538. The van der Waals surface area contributed by atoms with Crippen LogP contribution in [0.25, 0.3) is 0 Å². The Kier molecular flexibility index (Phi) is 4.08. The van der Waals surface area contributed by atoms with Crippen LogP contribution in [0, 0.1) is 0 Å². The van der Waals surface area contributed by atoms with Crippen molar-refractivity contribution in [1.82, 2.24) is 0 Å². The van der Waals surface area contributed by atoms with Crippen molar-refractivity contribution < 1.29 is 4.74 Å². The highest BCUT2D eigenvalue weighted by atomic mass is 35.5. The minimum absolute atomic E-state index is 0.576. The highest BCUT2D eigenvalue weighted by Gasteiger charge is 2.24. The van der Waals surface area contributed by atoms with E-state index in [2.05, 4.69) is 36.1 Å². The molecule has 0 N–H and O–H groups in total. The highest BCUT2D eigenvalue weighted by molar-refractivity contribution is 6.17. The summed E-state index contributed by atoms with van der Waals surface area (Å²) in [6.07, 6.45) is 1.14. The molecule has 0 aromatic heterocycles. The van der Waals surface area contributed by atoms with Gasteiger partial charge in [0.15, 0.2) is 0 Å². The van der Waals surface area contributed by atoms with Gasteiger partial charge in [-0.25, -0.2) is 0 Å². The van der Waals surface area contributed by atoms with Crippen molar-refractivity contribution in [2.24, 2.45) is 0 Å². The molecular formula is C13H18ClNO. The molecule has 0 aliphatic carbocycles. The third-order valence-corrected chi connectivity index (χ3v) is 3.20. The van der Waals surface area contributed by atoms with Crippen molar-refractivity contribution in [1.29, 1.82) is 0 Å². The minimum atomic E-state index is 0.576. The Balaban J connectivity index is 1.94. The lowest BCUT2D eigenvalue weighted by molar-refractivity contribution is 0.154. The number of halogens is 1. The van der Waals surface area contributed by atoms with E-state index in [4.69, 9.17) is 16.3 Å². The van der Waals surface area contributed by atoms with Gasteiger partial charge in [-0.3, -0.25) is 0 Å². The summed E-state index contributed by atoms with van der Waals surface area (Å²) in [6, 6.07) is 9.20. The normalized spacial score (nSPS) is 18.9. The Morgan fingerprint density at radius 2 is 2.19 bits per heavy atom. The van der Waals surface area contributed by atoms with Crippen molar-refractivity contribution in [2.45, 2.75) is 19.4 Å². The van der Waals surface area contributed by atoms with Crippen LogP contribution < -0.4 is 4.90 Å². The molecule has 0 spiro atoms. The van der Waals surface area contributed by atoms with E-state index in [1.54, 1.807) is 0 Å². The highest BCUT2D eigenvalue weighted by Crippen LogP contribution is 2.31. The monoisotopic (exact) mass is 239 g/mol. The summed E-state index contributed by atoms with van der Waals surface area (Å²) in [5.74, 6) is 0.576. The van der Waals surface area contributed by atoms with Crippen LogP contribution in [0.5, 0.6) is 0 Å². The second kappa shape index (κ2) is 5.55. The van der Waals surface area contributed by atoms with Crippen LogP contribution in [0.1, 0.15) is 12.5 Å². The van der Waals surface area contributed by atoms with E-state index in [1.807, 2.05) is 0 Å². The molecular weight excluding hydrogens is 222 g/mol. The summed E-state index contributed by atoms with van der Waals surface area (Å²) in [7, 11) is 0. The maximum absolute atomic E-state index is 5.57. The van der Waals surface area contributed by atoms with Crippen molar-refractivity contribution in [3.8, 4) is 0 Å². The zero-order valence-corrected chi connectivity index (χ0v) is 10.4. The predicted octanol–water partition coefficient (Wildman–Crippen LogP) is 2.69. The molecule has 3 heteroatoms. The number of alkyl halides is 1. The van der Waals surface area contributed by atoms with E-state index in [1.165, 1.54) is 11.3 Å².